The molecule has 3 N–H and O–H groups in total. The number of carbonyl (C=O) groups is 1. The highest BCUT2D eigenvalue weighted by molar-refractivity contribution is 6.35. The molecule has 0 radical (unpaired) electrons. The van der Waals surface area contributed by atoms with Crippen molar-refractivity contribution in [1.82, 2.24) is 0 Å². The number of rotatable bonds is 6. The molecule has 0 aliphatic rings. The second kappa shape index (κ2) is 8.85. The Morgan fingerprint density at radius 1 is 1.15 bits per heavy atom. The summed E-state index contributed by atoms with van der Waals surface area (Å²) in [5.41, 5.74) is 3.61. The van der Waals surface area contributed by atoms with Crippen LogP contribution in [0.5, 0.6) is 0 Å². The fourth-order valence-electron chi connectivity index (χ4n) is 2.83. The lowest BCUT2D eigenvalue weighted by atomic mass is 9.98. The van der Waals surface area contributed by atoms with Crippen LogP contribution < -0.4 is 10.6 Å². The van der Waals surface area contributed by atoms with E-state index in [1.54, 1.807) is 0 Å². The van der Waals surface area contributed by atoms with Crippen LogP contribution in [0.15, 0.2) is 30.3 Å². The van der Waals surface area contributed by atoms with Crippen molar-refractivity contribution in [2.75, 3.05) is 11.9 Å². The molecule has 2 rings (SSSR count). The third-order valence-corrected chi connectivity index (χ3v) is 5.00. The van der Waals surface area contributed by atoms with E-state index >= 15 is 0 Å². The van der Waals surface area contributed by atoms with E-state index in [0.29, 0.717) is 16.5 Å². The van der Waals surface area contributed by atoms with E-state index in [9.17, 15) is 9.18 Å². The summed E-state index contributed by atoms with van der Waals surface area (Å²) < 4.78 is 13.7. The van der Waals surface area contributed by atoms with E-state index in [1.807, 2.05) is 37.4 Å². The van der Waals surface area contributed by atoms with E-state index in [2.05, 4.69) is 19.2 Å². The van der Waals surface area contributed by atoms with Crippen LogP contribution in [0.1, 0.15) is 49.4 Å². The molecule has 6 heteroatoms. The monoisotopic (exact) mass is 397 g/mol. The molecule has 26 heavy (non-hydrogen) atoms. The summed E-state index contributed by atoms with van der Waals surface area (Å²) in [6.07, 6.45) is 0. The molecule has 0 aliphatic carbocycles. The first kappa shape index (κ1) is 20.7. The van der Waals surface area contributed by atoms with Gasteiger partial charge in [0, 0.05) is 11.3 Å². The van der Waals surface area contributed by atoms with Crippen molar-refractivity contribution in [2.45, 2.75) is 39.7 Å². The molecule has 0 saturated carbocycles. The lowest BCUT2D eigenvalue weighted by Gasteiger charge is -2.17. The van der Waals surface area contributed by atoms with Gasteiger partial charge in [0.2, 0.25) is 0 Å². The summed E-state index contributed by atoms with van der Waals surface area (Å²) in [6, 6.07) is 8.52. The second-order valence-electron chi connectivity index (χ2n) is 6.76. The molecule has 2 aromatic carbocycles. The molecule has 140 valence electrons. The smallest absolute Gasteiger partial charge is 0.279 e. The number of hydrogen-bond donors (Lipinski definition) is 2. The predicted octanol–water partition coefficient (Wildman–Crippen LogP) is 4.83. The van der Waals surface area contributed by atoms with E-state index in [0.717, 1.165) is 16.8 Å². The maximum absolute atomic E-state index is 13.7. The Bertz CT molecular complexity index is 809. The molecule has 3 nitrogen and oxygen atoms in total. The molecule has 0 aromatic heterocycles. The third kappa shape index (κ3) is 4.97. The maximum Gasteiger partial charge on any atom is 0.279 e. The van der Waals surface area contributed by atoms with Gasteiger partial charge in [-0.2, -0.15) is 0 Å². The van der Waals surface area contributed by atoms with Crippen molar-refractivity contribution >= 4 is 34.8 Å². The van der Waals surface area contributed by atoms with Crippen molar-refractivity contribution in [2.24, 2.45) is 0 Å². The summed E-state index contributed by atoms with van der Waals surface area (Å²) in [6.45, 7) is 8.23. The fraction of sp³-hybridized carbons (Fsp3) is 0.350. The lowest BCUT2D eigenvalue weighted by molar-refractivity contribution is -0.682. The highest BCUT2D eigenvalue weighted by Gasteiger charge is 2.18. The van der Waals surface area contributed by atoms with Crippen LogP contribution >= 0.6 is 23.2 Å². The largest absolute Gasteiger partial charge is 0.332 e. The molecule has 0 spiro atoms. The minimum absolute atomic E-state index is 0.00976. The van der Waals surface area contributed by atoms with Crippen LogP contribution in [0.2, 0.25) is 10.0 Å². The van der Waals surface area contributed by atoms with Gasteiger partial charge in [0.1, 0.15) is 11.9 Å². The van der Waals surface area contributed by atoms with E-state index in [1.165, 1.54) is 12.1 Å². The summed E-state index contributed by atoms with van der Waals surface area (Å²) >= 11 is 11.9. The first-order chi connectivity index (χ1) is 12.2. The minimum atomic E-state index is -0.516. The molecule has 0 unspecified atom stereocenters. The van der Waals surface area contributed by atoms with Gasteiger partial charge in [-0.1, -0.05) is 55.2 Å². The van der Waals surface area contributed by atoms with Crippen molar-refractivity contribution in [3.63, 3.8) is 0 Å². The topological polar surface area (TPSA) is 45.7 Å². The molecule has 0 saturated heterocycles. The van der Waals surface area contributed by atoms with Crippen LogP contribution in [-0.2, 0) is 4.79 Å². The molecular weight excluding hydrogens is 374 g/mol. The van der Waals surface area contributed by atoms with Gasteiger partial charge < -0.3 is 10.6 Å². The number of carbonyl (C=O) groups excluding carboxylic acids is 1. The van der Waals surface area contributed by atoms with Crippen LogP contribution in [0.25, 0.3) is 0 Å². The van der Waals surface area contributed by atoms with Crippen LogP contribution in [0.3, 0.4) is 0 Å². The standard InChI is InChI=1S/C20H23Cl2FN2O/c1-11(2)14-7-5-6-12(3)20(14)25-19(26)10-24-13(4)15-8-18(23)17(22)9-16(15)21/h5-9,11,13,24H,10H2,1-4H3,(H,25,26)/p+1/t13-/m1/s1. The number of nitrogens with one attached hydrogen (secondary N) is 1. The molecular formula is C20H24Cl2FN2O+. The zero-order valence-electron chi connectivity index (χ0n) is 15.4. The maximum atomic E-state index is 13.7. The number of halogens is 3. The van der Waals surface area contributed by atoms with Crippen LogP contribution in [0.4, 0.5) is 10.1 Å². The second-order valence-corrected chi connectivity index (χ2v) is 7.57. The normalized spacial score (nSPS) is 12.3. The summed E-state index contributed by atoms with van der Waals surface area (Å²) in [4.78, 5) is 12.4. The van der Waals surface area contributed by atoms with Gasteiger partial charge in [-0.05, 0) is 43.0 Å². The average Bonchev–Trinajstić information content (AvgIpc) is 2.57. The Kier molecular flexibility index (Phi) is 7.04. The van der Waals surface area contributed by atoms with Crippen LogP contribution in [-0.4, -0.2) is 12.5 Å². The van der Waals surface area contributed by atoms with E-state index in [-0.39, 0.29) is 23.5 Å². The minimum Gasteiger partial charge on any atom is -0.332 e. The molecule has 0 heterocycles. The number of para-hydroxylation sites is 1. The summed E-state index contributed by atoms with van der Waals surface area (Å²) in [7, 11) is 0. The van der Waals surface area contributed by atoms with Crippen molar-refractivity contribution < 1.29 is 14.5 Å². The third-order valence-electron chi connectivity index (χ3n) is 4.38. The Hall–Kier alpha value is -1.62. The first-order valence-corrected chi connectivity index (χ1v) is 9.33. The van der Waals surface area contributed by atoms with E-state index < -0.39 is 5.82 Å². The van der Waals surface area contributed by atoms with Crippen molar-refractivity contribution in [3.05, 3.63) is 62.9 Å². The quantitative estimate of drug-likeness (QED) is 0.673. The van der Waals surface area contributed by atoms with Crippen LogP contribution in [0, 0.1) is 12.7 Å². The zero-order chi connectivity index (χ0) is 19.4. The average molecular weight is 398 g/mol. The number of nitrogens with two attached hydrogens (primary N) is 1. The molecule has 0 bridgehead atoms. The number of hydrogen-bond acceptors (Lipinski definition) is 1. The molecule has 2 aromatic rings. The highest BCUT2D eigenvalue weighted by atomic mass is 35.5. The molecule has 1 atom stereocenters. The molecule has 0 fully saturated rings. The number of amides is 1. The number of aryl methyl sites for hydroxylation is 1. The Labute approximate surface area is 163 Å². The SMILES string of the molecule is Cc1cccc(C(C)C)c1NC(=O)C[NH2+][C@H](C)c1cc(F)c(Cl)cc1Cl. The Morgan fingerprint density at radius 2 is 1.85 bits per heavy atom. The summed E-state index contributed by atoms with van der Waals surface area (Å²) in [5.74, 6) is -0.320. The van der Waals surface area contributed by atoms with Crippen molar-refractivity contribution in [1.29, 1.82) is 0 Å². The Morgan fingerprint density at radius 3 is 2.50 bits per heavy atom. The molecule has 1 amide bonds. The Balaban J connectivity index is 2.05. The van der Waals surface area contributed by atoms with Gasteiger partial charge in [-0.3, -0.25) is 4.79 Å². The van der Waals surface area contributed by atoms with E-state index in [4.69, 9.17) is 23.2 Å². The highest BCUT2D eigenvalue weighted by Crippen LogP contribution is 2.28. The van der Waals surface area contributed by atoms with Gasteiger partial charge in [0.25, 0.3) is 5.91 Å². The van der Waals surface area contributed by atoms with Gasteiger partial charge >= 0.3 is 0 Å². The van der Waals surface area contributed by atoms with Gasteiger partial charge in [0.15, 0.2) is 6.54 Å². The van der Waals surface area contributed by atoms with Crippen molar-refractivity contribution in [3.8, 4) is 0 Å². The zero-order valence-corrected chi connectivity index (χ0v) is 16.9. The van der Waals surface area contributed by atoms with Gasteiger partial charge in [0.05, 0.1) is 10.0 Å². The predicted molar refractivity (Wildman–Crippen MR) is 106 cm³/mol. The van der Waals surface area contributed by atoms with Gasteiger partial charge in [-0.15, -0.1) is 0 Å². The fourth-order valence-corrected chi connectivity index (χ4v) is 3.39. The molecule has 0 aliphatic heterocycles. The number of quaternary nitrogens is 1. The lowest BCUT2D eigenvalue weighted by Crippen LogP contribution is -2.86. The first-order valence-electron chi connectivity index (χ1n) is 8.57. The number of anilines is 1. The van der Waals surface area contributed by atoms with Gasteiger partial charge in [-0.25, -0.2) is 4.39 Å². The number of benzene rings is 2. The summed E-state index contributed by atoms with van der Waals surface area (Å²) in [5, 5.41) is 5.20.